The molecular weight excluding hydrogens is 643 g/mol. The zero-order valence-corrected chi connectivity index (χ0v) is 26.5. The predicted octanol–water partition coefficient (Wildman–Crippen LogP) is 4.33. The minimum atomic E-state index is -1.85. The molecule has 2 aromatic carbocycles. The van der Waals surface area contributed by atoms with E-state index in [0.29, 0.717) is 45.9 Å². The summed E-state index contributed by atoms with van der Waals surface area (Å²) in [5, 5.41) is 24.1. The second kappa shape index (κ2) is 10.8. The lowest BCUT2D eigenvalue weighted by molar-refractivity contribution is -0.158. The van der Waals surface area contributed by atoms with E-state index in [2.05, 4.69) is 4.90 Å². The molecule has 5 heterocycles. The van der Waals surface area contributed by atoms with Crippen LogP contribution in [0.5, 0.6) is 28.7 Å². The number of ether oxygens (including phenoxy) is 7. The third-order valence-electron chi connectivity index (χ3n) is 9.14. The molecule has 0 saturated carbocycles. The van der Waals surface area contributed by atoms with Gasteiger partial charge in [-0.2, -0.15) is 0 Å². The van der Waals surface area contributed by atoms with Crippen LogP contribution in [0.2, 0.25) is 0 Å². The van der Waals surface area contributed by atoms with Gasteiger partial charge in [-0.1, -0.05) is 40.9 Å². The van der Waals surface area contributed by atoms with Crippen molar-refractivity contribution in [1.29, 1.82) is 0 Å². The molecule has 44 heavy (non-hydrogen) atoms. The number of hydrogen-bond acceptors (Lipinski definition) is 11. The van der Waals surface area contributed by atoms with Gasteiger partial charge in [0.2, 0.25) is 10.6 Å². The van der Waals surface area contributed by atoms with Gasteiger partial charge in [0.15, 0.2) is 29.8 Å². The monoisotopic (exact) mass is 672 g/mol. The molecule has 7 rings (SSSR count). The average molecular weight is 674 g/mol. The van der Waals surface area contributed by atoms with Crippen molar-refractivity contribution >= 4 is 40.9 Å². The van der Waals surface area contributed by atoms with E-state index in [9.17, 15) is 15.0 Å². The van der Waals surface area contributed by atoms with Gasteiger partial charge >= 0.3 is 6.09 Å². The third-order valence-corrected chi connectivity index (χ3v) is 9.47. The van der Waals surface area contributed by atoms with Gasteiger partial charge in [0, 0.05) is 29.4 Å². The zero-order valence-electron chi connectivity index (χ0n) is 24.3. The number of nitrogens with zero attached hydrogens (tertiary/aromatic N) is 2. The average Bonchev–Trinajstić information content (AvgIpc) is 3.63. The summed E-state index contributed by atoms with van der Waals surface area (Å²) in [4.78, 5) is 17.5. The number of methoxy groups -OCH3 is 2. The number of fused-ring (bicyclic) bond motifs is 10. The molecule has 2 N–H and O–H groups in total. The van der Waals surface area contributed by atoms with Crippen molar-refractivity contribution < 1.29 is 48.2 Å². The molecule has 0 radical (unpaired) electrons. The lowest BCUT2D eigenvalue weighted by atomic mass is 9.72. The van der Waals surface area contributed by atoms with E-state index in [1.54, 1.807) is 0 Å². The molecular formula is C29H31Cl3N2O10. The molecule has 2 fully saturated rings. The van der Waals surface area contributed by atoms with E-state index in [1.807, 2.05) is 19.9 Å². The van der Waals surface area contributed by atoms with Crippen LogP contribution >= 0.6 is 34.8 Å². The van der Waals surface area contributed by atoms with Crippen LogP contribution in [0.15, 0.2) is 6.07 Å². The minimum absolute atomic E-state index is 0.0152. The number of phenolic OH excluding ortho intramolecular Hbond substituents is 1. The van der Waals surface area contributed by atoms with Crippen molar-refractivity contribution in [3.63, 3.8) is 0 Å². The first-order valence-corrected chi connectivity index (χ1v) is 15.2. The Morgan fingerprint density at radius 1 is 1.11 bits per heavy atom. The number of alkyl halides is 3. The Morgan fingerprint density at radius 3 is 2.57 bits per heavy atom. The summed E-state index contributed by atoms with van der Waals surface area (Å²) < 4.78 is 38.8. The van der Waals surface area contributed by atoms with Gasteiger partial charge in [-0.05, 0) is 31.4 Å². The van der Waals surface area contributed by atoms with Crippen molar-refractivity contribution in [2.24, 2.45) is 0 Å². The largest absolute Gasteiger partial charge is 0.504 e. The van der Waals surface area contributed by atoms with Crippen LogP contribution < -0.4 is 18.9 Å². The topological polar surface area (TPSA) is 129 Å². The molecule has 15 heteroatoms. The summed E-state index contributed by atoms with van der Waals surface area (Å²) in [6, 6.07) is -0.801. The number of amides is 1. The Hall–Kier alpha value is -2.58. The van der Waals surface area contributed by atoms with Crippen LogP contribution in [-0.4, -0.2) is 89.2 Å². The number of benzene rings is 2. The second-order valence-corrected chi connectivity index (χ2v) is 14.0. The first kappa shape index (κ1) is 30.1. The van der Waals surface area contributed by atoms with Crippen LogP contribution in [0, 0.1) is 13.8 Å². The van der Waals surface area contributed by atoms with Gasteiger partial charge in [-0.15, -0.1) is 0 Å². The highest BCUT2D eigenvalue weighted by molar-refractivity contribution is 6.67. The number of hydrogen-bond donors (Lipinski definition) is 2. The van der Waals surface area contributed by atoms with Gasteiger partial charge in [0.05, 0.1) is 37.9 Å². The predicted molar refractivity (Wildman–Crippen MR) is 156 cm³/mol. The highest BCUT2D eigenvalue weighted by atomic mass is 35.6. The second-order valence-electron chi connectivity index (χ2n) is 11.5. The Bertz CT molecular complexity index is 1530. The SMILES string of the molecule is COCOc1c(C)c2c(c3c1[C@H](O)[C@H]1[C@H]4c5c(cc(C)c(OC)c5O)C[C@@H]([C@H]5OC[C@@H]3N15)N4C(=O)OCC(Cl)(Cl)Cl)OCO2. The highest BCUT2D eigenvalue weighted by Gasteiger charge is 2.64. The van der Waals surface area contributed by atoms with Crippen LogP contribution in [-0.2, 0) is 20.6 Å². The van der Waals surface area contributed by atoms with Crippen molar-refractivity contribution in [3.8, 4) is 28.7 Å². The first-order valence-electron chi connectivity index (χ1n) is 14.0. The Kier molecular flexibility index (Phi) is 7.36. The summed E-state index contributed by atoms with van der Waals surface area (Å²) >= 11 is 17.8. The lowest BCUT2D eigenvalue weighted by Gasteiger charge is -2.59. The number of aliphatic hydroxyl groups excluding tert-OH is 1. The number of phenols is 1. The fourth-order valence-corrected chi connectivity index (χ4v) is 7.86. The maximum atomic E-state index is 13.9. The molecule has 2 bridgehead atoms. The number of aliphatic hydroxyl groups is 1. The summed E-state index contributed by atoms with van der Waals surface area (Å²) in [5.74, 6) is 1.57. The molecule has 2 saturated heterocycles. The maximum Gasteiger partial charge on any atom is 0.410 e. The molecule has 1 amide bonds. The lowest BCUT2D eigenvalue weighted by Crippen LogP contribution is -2.69. The molecule has 238 valence electrons. The van der Waals surface area contributed by atoms with Crippen LogP contribution in [0.3, 0.4) is 0 Å². The fourth-order valence-electron chi connectivity index (χ4n) is 7.70. The normalized spacial score (nSPS) is 27.9. The van der Waals surface area contributed by atoms with E-state index in [1.165, 1.54) is 19.1 Å². The van der Waals surface area contributed by atoms with E-state index in [-0.39, 0.29) is 31.7 Å². The molecule has 0 unspecified atom stereocenters. The summed E-state index contributed by atoms with van der Waals surface area (Å²) in [5.41, 5.74) is 3.75. The Balaban J connectivity index is 1.45. The van der Waals surface area contributed by atoms with Gasteiger partial charge in [0.1, 0.15) is 24.7 Å². The number of halogens is 3. The number of rotatable bonds is 5. The number of aryl methyl sites for hydroxylation is 1. The third kappa shape index (κ3) is 4.29. The molecule has 0 spiro atoms. The minimum Gasteiger partial charge on any atom is -0.504 e. The van der Waals surface area contributed by atoms with Crippen molar-refractivity contribution in [2.45, 2.75) is 60.6 Å². The first-order chi connectivity index (χ1) is 21.0. The zero-order chi connectivity index (χ0) is 31.2. The molecule has 5 aliphatic heterocycles. The van der Waals surface area contributed by atoms with Gasteiger partial charge < -0.3 is 43.4 Å². The van der Waals surface area contributed by atoms with E-state index >= 15 is 0 Å². The Labute approximate surface area is 268 Å². The number of carbonyl (C=O) groups excluding carboxylic acids is 1. The molecule has 0 aromatic heterocycles. The molecule has 0 aliphatic carbocycles. The Morgan fingerprint density at radius 2 is 1.86 bits per heavy atom. The van der Waals surface area contributed by atoms with E-state index in [4.69, 9.17) is 68.0 Å². The smallest absolute Gasteiger partial charge is 0.410 e. The molecule has 12 nitrogen and oxygen atoms in total. The van der Waals surface area contributed by atoms with E-state index < -0.39 is 53.0 Å². The highest BCUT2D eigenvalue weighted by Crippen LogP contribution is 2.63. The maximum absolute atomic E-state index is 13.9. The van der Waals surface area contributed by atoms with Gasteiger partial charge in [-0.3, -0.25) is 9.80 Å². The number of aromatic hydroxyl groups is 1. The summed E-state index contributed by atoms with van der Waals surface area (Å²) in [7, 11) is 2.96. The van der Waals surface area contributed by atoms with Gasteiger partial charge in [0.25, 0.3) is 0 Å². The fraction of sp³-hybridized carbons (Fsp3) is 0.552. The standard InChI is InChI=1S/C29H31Cl3N2O10/c1-11-5-13-6-14-27-33-15(7-40-27)17-18(24(42-9-38-3)12(2)25-26(17)44-10-43-25)21(35)20(33)19(16(13)22(36)23(11)39-4)34(14)28(37)41-8-29(30,31)32/h5,14-15,19-21,27,35-36H,6-10H2,1-4H3/t14-,15-,19+,20+,21-,27+/m0/s1. The van der Waals surface area contributed by atoms with Crippen molar-refractivity contribution in [2.75, 3.05) is 41.0 Å². The van der Waals surface area contributed by atoms with Crippen LogP contribution in [0.1, 0.15) is 51.6 Å². The van der Waals surface area contributed by atoms with E-state index in [0.717, 1.165) is 11.1 Å². The molecule has 2 aromatic rings. The van der Waals surface area contributed by atoms with Crippen LogP contribution in [0.4, 0.5) is 4.79 Å². The molecule has 5 aliphatic rings. The van der Waals surface area contributed by atoms with Crippen LogP contribution in [0.25, 0.3) is 0 Å². The number of piperazine rings is 1. The number of carbonyl (C=O) groups is 1. The van der Waals surface area contributed by atoms with Gasteiger partial charge in [-0.25, -0.2) is 4.79 Å². The quantitative estimate of drug-likeness (QED) is 0.348. The summed E-state index contributed by atoms with van der Waals surface area (Å²) in [6.07, 6.45) is -2.37. The van der Waals surface area contributed by atoms with Crippen molar-refractivity contribution in [3.05, 3.63) is 39.4 Å². The summed E-state index contributed by atoms with van der Waals surface area (Å²) in [6.45, 7) is 3.31. The van der Waals surface area contributed by atoms with Crippen molar-refractivity contribution in [1.82, 2.24) is 9.80 Å². The molecule has 6 atom stereocenters.